The molecule has 0 aliphatic carbocycles. The van der Waals surface area contributed by atoms with Gasteiger partial charge in [0.1, 0.15) is 11.5 Å². The van der Waals surface area contributed by atoms with Crippen LogP contribution in [-0.4, -0.2) is 34.7 Å². The molecule has 3 aromatic carbocycles. The first-order chi connectivity index (χ1) is 20.5. The van der Waals surface area contributed by atoms with Gasteiger partial charge >= 0.3 is 0 Å². The maximum Gasteiger partial charge on any atom is 0.267 e. The van der Waals surface area contributed by atoms with Crippen molar-refractivity contribution in [3.05, 3.63) is 131 Å². The SMILES string of the molecule is Cc1ccc(NC(=O)COc2ccccc2/C=C2\S\C(=N/N=C/C=C/c3ccccc3)N(Cc3ccco3)C2=O)cc1. The number of allylic oxidation sites excluding steroid dienone is 1. The van der Waals surface area contributed by atoms with Crippen molar-refractivity contribution in [3.8, 4) is 5.75 Å². The lowest BCUT2D eigenvalue weighted by molar-refractivity contribution is -0.122. The molecule has 4 aromatic rings. The highest BCUT2D eigenvalue weighted by Crippen LogP contribution is 2.35. The van der Waals surface area contributed by atoms with Crippen molar-refractivity contribution in [2.24, 2.45) is 10.2 Å². The summed E-state index contributed by atoms with van der Waals surface area (Å²) < 4.78 is 11.3. The molecule has 1 saturated heterocycles. The monoisotopic (exact) mass is 576 g/mol. The lowest BCUT2D eigenvalue weighted by atomic mass is 10.2. The molecule has 0 radical (unpaired) electrons. The number of amides is 2. The summed E-state index contributed by atoms with van der Waals surface area (Å²) in [4.78, 5) is 27.9. The molecule has 1 fully saturated rings. The number of carbonyl (C=O) groups excluding carboxylic acids is 2. The van der Waals surface area contributed by atoms with E-state index in [4.69, 9.17) is 9.15 Å². The van der Waals surface area contributed by atoms with Crippen LogP contribution < -0.4 is 10.1 Å². The third-order valence-corrected chi connectivity index (χ3v) is 7.06. The van der Waals surface area contributed by atoms with E-state index in [-0.39, 0.29) is 25.0 Å². The van der Waals surface area contributed by atoms with Crippen LogP contribution in [0.1, 0.15) is 22.5 Å². The molecule has 9 heteroatoms. The molecule has 8 nitrogen and oxygen atoms in total. The van der Waals surface area contributed by atoms with Crippen molar-refractivity contribution in [3.63, 3.8) is 0 Å². The van der Waals surface area contributed by atoms with E-state index >= 15 is 0 Å². The number of benzene rings is 3. The minimum Gasteiger partial charge on any atom is -0.483 e. The van der Waals surface area contributed by atoms with Crippen molar-refractivity contribution in [1.29, 1.82) is 0 Å². The molecule has 42 heavy (non-hydrogen) atoms. The van der Waals surface area contributed by atoms with Gasteiger partial charge in [0, 0.05) is 17.5 Å². The maximum absolute atomic E-state index is 13.5. The van der Waals surface area contributed by atoms with Gasteiger partial charge in [-0.3, -0.25) is 14.5 Å². The Hall–Kier alpha value is -5.15. The number of hydrogen-bond donors (Lipinski definition) is 1. The Balaban J connectivity index is 1.31. The van der Waals surface area contributed by atoms with Crippen molar-refractivity contribution in [2.75, 3.05) is 11.9 Å². The summed E-state index contributed by atoms with van der Waals surface area (Å²) in [5.41, 5.74) is 3.50. The molecule has 1 aromatic heterocycles. The molecular formula is C33H28N4O4S. The van der Waals surface area contributed by atoms with Crippen LogP contribution in [0, 0.1) is 6.92 Å². The van der Waals surface area contributed by atoms with Gasteiger partial charge in [-0.05, 0) is 66.7 Å². The van der Waals surface area contributed by atoms with Crippen LogP contribution in [0.15, 0.2) is 123 Å². The number of furan rings is 1. The number of anilines is 1. The van der Waals surface area contributed by atoms with E-state index < -0.39 is 0 Å². The van der Waals surface area contributed by atoms with E-state index in [1.54, 1.807) is 42.8 Å². The van der Waals surface area contributed by atoms with E-state index in [0.717, 1.165) is 11.1 Å². The predicted octanol–water partition coefficient (Wildman–Crippen LogP) is 6.78. The third-order valence-electron chi connectivity index (χ3n) is 6.07. The van der Waals surface area contributed by atoms with Gasteiger partial charge in [-0.1, -0.05) is 72.3 Å². The minimum absolute atomic E-state index is 0.183. The number of ether oxygens (including phenoxy) is 1. The van der Waals surface area contributed by atoms with E-state index in [0.29, 0.717) is 32.8 Å². The fraction of sp³-hybridized carbons (Fsp3) is 0.0909. The van der Waals surface area contributed by atoms with Gasteiger partial charge in [0.05, 0.1) is 17.7 Å². The Labute approximate surface area is 248 Å². The van der Waals surface area contributed by atoms with E-state index in [1.165, 1.54) is 16.7 Å². The van der Waals surface area contributed by atoms with Gasteiger partial charge in [0.15, 0.2) is 11.8 Å². The standard InChI is InChI=1S/C33H28N4O4S/c1-24-15-17-27(18-16-24)35-31(38)23-41-29-14-6-5-12-26(29)21-30-32(39)37(22-28-13-8-20-40-28)33(42-30)36-34-19-7-11-25-9-3-2-4-10-25/h2-21H,22-23H2,1H3,(H,35,38)/b11-7+,30-21-,34-19+,36-33-. The first-order valence-electron chi connectivity index (χ1n) is 13.2. The van der Waals surface area contributed by atoms with Gasteiger partial charge < -0.3 is 14.5 Å². The van der Waals surface area contributed by atoms with Gasteiger partial charge in [0.25, 0.3) is 11.8 Å². The van der Waals surface area contributed by atoms with E-state index in [1.807, 2.05) is 85.8 Å². The number of hydrogen-bond acceptors (Lipinski definition) is 7. The van der Waals surface area contributed by atoms with Crippen LogP contribution in [-0.2, 0) is 16.1 Å². The zero-order chi connectivity index (χ0) is 29.1. The Kier molecular flexibility index (Phi) is 9.43. The number of amidine groups is 1. The van der Waals surface area contributed by atoms with Crippen molar-refractivity contribution >= 4 is 52.8 Å². The molecular weight excluding hydrogens is 548 g/mol. The molecule has 0 saturated carbocycles. The van der Waals surface area contributed by atoms with E-state index in [9.17, 15) is 9.59 Å². The molecule has 1 aliphatic rings. The average molecular weight is 577 g/mol. The Morgan fingerprint density at radius 1 is 1.00 bits per heavy atom. The van der Waals surface area contributed by atoms with Gasteiger partial charge in [-0.15, -0.1) is 5.10 Å². The van der Waals surface area contributed by atoms with Crippen molar-refractivity contribution in [2.45, 2.75) is 13.5 Å². The summed E-state index contributed by atoms with van der Waals surface area (Å²) in [7, 11) is 0. The number of carbonyl (C=O) groups is 2. The number of aryl methyl sites for hydroxylation is 1. The summed E-state index contributed by atoms with van der Waals surface area (Å²) in [5.74, 6) is 0.571. The van der Waals surface area contributed by atoms with E-state index in [2.05, 4.69) is 15.5 Å². The van der Waals surface area contributed by atoms with Crippen LogP contribution in [0.5, 0.6) is 5.75 Å². The zero-order valence-electron chi connectivity index (χ0n) is 22.8. The Morgan fingerprint density at radius 3 is 2.57 bits per heavy atom. The molecule has 210 valence electrons. The molecule has 0 spiro atoms. The molecule has 2 amide bonds. The number of thioether (sulfide) groups is 1. The highest BCUT2D eigenvalue weighted by Gasteiger charge is 2.34. The fourth-order valence-electron chi connectivity index (χ4n) is 3.97. The summed E-state index contributed by atoms with van der Waals surface area (Å²) in [6.07, 6.45) is 8.57. The highest BCUT2D eigenvalue weighted by atomic mass is 32.2. The molecule has 5 rings (SSSR count). The fourth-order valence-corrected chi connectivity index (χ4v) is 4.90. The second-order valence-corrected chi connectivity index (χ2v) is 10.2. The largest absolute Gasteiger partial charge is 0.483 e. The Morgan fingerprint density at radius 2 is 1.79 bits per heavy atom. The number of nitrogens with one attached hydrogen (secondary N) is 1. The number of para-hydroxylation sites is 1. The topological polar surface area (TPSA) is 96.5 Å². The molecule has 0 bridgehead atoms. The predicted molar refractivity (Wildman–Crippen MR) is 168 cm³/mol. The second kappa shape index (κ2) is 14.0. The average Bonchev–Trinajstić information content (AvgIpc) is 3.62. The Bertz CT molecular complexity index is 1640. The quantitative estimate of drug-likeness (QED) is 0.128. The van der Waals surface area contributed by atoms with Crippen LogP contribution in [0.2, 0.25) is 0 Å². The molecule has 0 atom stereocenters. The minimum atomic E-state index is -0.286. The lowest BCUT2D eigenvalue weighted by Crippen LogP contribution is -2.28. The normalized spacial score (nSPS) is 15.4. The summed E-state index contributed by atoms with van der Waals surface area (Å²) in [6, 6.07) is 28.2. The molecule has 1 aliphatic heterocycles. The van der Waals surface area contributed by atoms with Crippen molar-refractivity contribution < 1.29 is 18.7 Å². The maximum atomic E-state index is 13.5. The zero-order valence-corrected chi connectivity index (χ0v) is 23.7. The molecule has 1 N–H and O–H groups in total. The van der Waals surface area contributed by atoms with Crippen LogP contribution in [0.3, 0.4) is 0 Å². The van der Waals surface area contributed by atoms with Crippen molar-refractivity contribution in [1.82, 2.24) is 4.90 Å². The molecule has 2 heterocycles. The van der Waals surface area contributed by atoms with Crippen LogP contribution in [0.25, 0.3) is 12.2 Å². The highest BCUT2D eigenvalue weighted by molar-refractivity contribution is 8.18. The molecule has 0 unspecified atom stereocenters. The van der Waals surface area contributed by atoms with Gasteiger partial charge in [-0.25, -0.2) is 0 Å². The first-order valence-corrected chi connectivity index (χ1v) is 14.0. The number of nitrogens with zero attached hydrogens (tertiary/aromatic N) is 3. The second-order valence-electron chi connectivity index (χ2n) is 9.24. The lowest BCUT2D eigenvalue weighted by Gasteiger charge is -2.12. The van der Waals surface area contributed by atoms with Crippen LogP contribution in [0.4, 0.5) is 5.69 Å². The van der Waals surface area contributed by atoms with Gasteiger partial charge in [-0.2, -0.15) is 5.10 Å². The summed E-state index contributed by atoms with van der Waals surface area (Å²) >= 11 is 1.21. The number of rotatable bonds is 10. The third kappa shape index (κ3) is 7.74. The van der Waals surface area contributed by atoms with Gasteiger partial charge in [0.2, 0.25) is 0 Å². The smallest absolute Gasteiger partial charge is 0.267 e. The summed E-state index contributed by atoms with van der Waals surface area (Å²) in [5, 5.41) is 11.7. The summed E-state index contributed by atoms with van der Waals surface area (Å²) in [6.45, 7) is 2.01. The van der Waals surface area contributed by atoms with Crippen LogP contribution >= 0.6 is 11.8 Å². The first kappa shape index (κ1) is 28.4.